The van der Waals surface area contributed by atoms with E-state index in [0.717, 1.165) is 23.2 Å². The molecular weight excluding hydrogens is 364 g/mol. The number of amides is 1. The number of ether oxygens (including phenoxy) is 1. The van der Waals surface area contributed by atoms with Crippen LogP contribution < -0.4 is 5.32 Å². The third-order valence-electron chi connectivity index (χ3n) is 5.08. The number of nitrogens with one attached hydrogen (secondary N) is 1. The molecular formula is C24H26N2O3. The van der Waals surface area contributed by atoms with Crippen LogP contribution in [0.4, 0.5) is 0 Å². The molecule has 0 unspecified atom stereocenters. The second-order valence-corrected chi connectivity index (χ2v) is 7.71. The molecule has 0 aliphatic rings. The van der Waals surface area contributed by atoms with Gasteiger partial charge in [-0.1, -0.05) is 55.5 Å². The van der Waals surface area contributed by atoms with Crippen LogP contribution in [0.1, 0.15) is 43.1 Å². The van der Waals surface area contributed by atoms with Crippen molar-refractivity contribution in [3.05, 3.63) is 65.7 Å². The third kappa shape index (κ3) is 4.62. The van der Waals surface area contributed by atoms with Crippen LogP contribution in [0.5, 0.6) is 0 Å². The molecule has 0 saturated carbocycles. The minimum absolute atomic E-state index is 0.315. The van der Waals surface area contributed by atoms with Gasteiger partial charge in [0.1, 0.15) is 0 Å². The highest BCUT2D eigenvalue weighted by Crippen LogP contribution is 2.30. The van der Waals surface area contributed by atoms with Gasteiger partial charge in [-0.05, 0) is 38.8 Å². The third-order valence-corrected chi connectivity index (χ3v) is 5.08. The fraction of sp³-hybridized carbons (Fsp3) is 0.292. The highest BCUT2D eigenvalue weighted by atomic mass is 16.5. The highest BCUT2D eigenvalue weighted by Gasteiger charge is 2.22. The lowest BCUT2D eigenvalue weighted by Gasteiger charge is -2.24. The van der Waals surface area contributed by atoms with E-state index in [1.807, 2.05) is 82.3 Å². The van der Waals surface area contributed by atoms with Crippen molar-refractivity contribution in [3.8, 4) is 11.3 Å². The number of para-hydroxylation sites is 1. The van der Waals surface area contributed by atoms with Gasteiger partial charge in [-0.3, -0.25) is 4.79 Å². The van der Waals surface area contributed by atoms with E-state index < -0.39 is 5.97 Å². The van der Waals surface area contributed by atoms with E-state index in [-0.39, 0.29) is 18.1 Å². The SMILES string of the molecule is CCC(C)(C)NC(=O)COC(=O)c1c(C)c(-c2ccccc2)nc2ccccc12. The summed E-state index contributed by atoms with van der Waals surface area (Å²) in [6.07, 6.45) is 0.779. The minimum atomic E-state index is -0.525. The molecule has 3 rings (SSSR count). The fourth-order valence-electron chi connectivity index (χ4n) is 3.15. The van der Waals surface area contributed by atoms with Gasteiger partial charge in [-0.2, -0.15) is 0 Å². The molecule has 0 fully saturated rings. The minimum Gasteiger partial charge on any atom is -0.452 e. The van der Waals surface area contributed by atoms with Crippen LogP contribution in [-0.2, 0) is 9.53 Å². The van der Waals surface area contributed by atoms with Gasteiger partial charge in [-0.25, -0.2) is 9.78 Å². The quantitative estimate of drug-likeness (QED) is 0.621. The van der Waals surface area contributed by atoms with Crippen molar-refractivity contribution in [2.45, 2.75) is 39.7 Å². The van der Waals surface area contributed by atoms with Crippen molar-refractivity contribution in [1.29, 1.82) is 0 Å². The van der Waals surface area contributed by atoms with E-state index >= 15 is 0 Å². The number of aromatic nitrogens is 1. The topological polar surface area (TPSA) is 68.3 Å². The summed E-state index contributed by atoms with van der Waals surface area (Å²) in [5.41, 5.74) is 3.19. The number of carbonyl (C=O) groups is 2. The number of hydrogen-bond donors (Lipinski definition) is 1. The van der Waals surface area contributed by atoms with Crippen molar-refractivity contribution in [1.82, 2.24) is 10.3 Å². The van der Waals surface area contributed by atoms with Gasteiger partial charge < -0.3 is 10.1 Å². The summed E-state index contributed by atoms with van der Waals surface area (Å²) in [5.74, 6) is -0.841. The molecule has 0 bridgehead atoms. The Morgan fingerprint density at radius 3 is 2.38 bits per heavy atom. The van der Waals surface area contributed by atoms with Crippen molar-refractivity contribution in [3.63, 3.8) is 0 Å². The summed E-state index contributed by atoms with van der Waals surface area (Å²) in [6, 6.07) is 17.2. The van der Waals surface area contributed by atoms with E-state index in [1.165, 1.54) is 0 Å². The Morgan fingerprint density at radius 2 is 1.69 bits per heavy atom. The van der Waals surface area contributed by atoms with Crippen molar-refractivity contribution in [2.75, 3.05) is 6.61 Å². The Bertz CT molecular complexity index is 1040. The second kappa shape index (κ2) is 8.43. The molecule has 1 aromatic heterocycles. The molecule has 0 spiro atoms. The standard InChI is InChI=1S/C24H26N2O3/c1-5-24(3,4)26-20(27)15-29-23(28)21-16(2)22(17-11-7-6-8-12-17)25-19-14-10-9-13-18(19)21/h6-14H,5,15H2,1-4H3,(H,26,27). The van der Waals surface area contributed by atoms with Gasteiger partial charge in [0.2, 0.25) is 0 Å². The Balaban J connectivity index is 1.94. The zero-order valence-electron chi connectivity index (χ0n) is 17.3. The van der Waals surface area contributed by atoms with Gasteiger partial charge in [0, 0.05) is 16.5 Å². The molecule has 2 aromatic carbocycles. The second-order valence-electron chi connectivity index (χ2n) is 7.71. The first-order valence-electron chi connectivity index (χ1n) is 9.75. The van der Waals surface area contributed by atoms with E-state index in [9.17, 15) is 9.59 Å². The van der Waals surface area contributed by atoms with Gasteiger partial charge in [0.15, 0.2) is 6.61 Å². The van der Waals surface area contributed by atoms with Gasteiger partial charge in [0.05, 0.1) is 16.8 Å². The number of rotatable bonds is 6. The summed E-state index contributed by atoms with van der Waals surface area (Å²) in [5, 5.41) is 3.59. The summed E-state index contributed by atoms with van der Waals surface area (Å²) in [6.45, 7) is 7.39. The number of carbonyl (C=O) groups excluding carboxylic acids is 2. The van der Waals surface area contributed by atoms with Gasteiger partial charge >= 0.3 is 5.97 Å². The molecule has 29 heavy (non-hydrogen) atoms. The lowest BCUT2D eigenvalue weighted by atomic mass is 9.98. The molecule has 1 heterocycles. The molecule has 150 valence electrons. The zero-order chi connectivity index (χ0) is 21.0. The van der Waals surface area contributed by atoms with Crippen LogP contribution in [0.2, 0.25) is 0 Å². The van der Waals surface area contributed by atoms with E-state index in [0.29, 0.717) is 16.5 Å². The molecule has 5 heteroatoms. The lowest BCUT2D eigenvalue weighted by molar-refractivity contribution is -0.125. The molecule has 1 amide bonds. The van der Waals surface area contributed by atoms with Crippen LogP contribution >= 0.6 is 0 Å². The van der Waals surface area contributed by atoms with E-state index in [1.54, 1.807) is 0 Å². The summed E-state index contributed by atoms with van der Waals surface area (Å²) < 4.78 is 5.38. The molecule has 0 atom stereocenters. The van der Waals surface area contributed by atoms with Crippen molar-refractivity contribution < 1.29 is 14.3 Å². The maximum absolute atomic E-state index is 13.0. The molecule has 0 aliphatic heterocycles. The highest BCUT2D eigenvalue weighted by molar-refractivity contribution is 6.06. The smallest absolute Gasteiger partial charge is 0.339 e. The van der Waals surface area contributed by atoms with Gasteiger partial charge in [0.25, 0.3) is 5.91 Å². The Morgan fingerprint density at radius 1 is 1.03 bits per heavy atom. The number of pyridine rings is 1. The summed E-state index contributed by atoms with van der Waals surface area (Å²) in [4.78, 5) is 29.9. The predicted octanol–water partition coefficient (Wildman–Crippen LogP) is 4.67. The maximum Gasteiger partial charge on any atom is 0.339 e. The zero-order valence-corrected chi connectivity index (χ0v) is 17.3. The van der Waals surface area contributed by atoms with Crippen LogP contribution in [0.25, 0.3) is 22.2 Å². The van der Waals surface area contributed by atoms with Crippen molar-refractivity contribution in [2.24, 2.45) is 0 Å². The number of benzene rings is 2. The number of hydrogen-bond acceptors (Lipinski definition) is 4. The fourth-order valence-corrected chi connectivity index (χ4v) is 3.15. The molecule has 0 saturated heterocycles. The maximum atomic E-state index is 13.0. The monoisotopic (exact) mass is 390 g/mol. The summed E-state index contributed by atoms with van der Waals surface area (Å²) >= 11 is 0. The van der Waals surface area contributed by atoms with Crippen LogP contribution in [0.15, 0.2) is 54.6 Å². The van der Waals surface area contributed by atoms with Crippen molar-refractivity contribution >= 4 is 22.8 Å². The molecule has 0 radical (unpaired) electrons. The van der Waals surface area contributed by atoms with Gasteiger partial charge in [-0.15, -0.1) is 0 Å². The Labute approximate surface area is 171 Å². The predicted molar refractivity (Wildman–Crippen MR) is 115 cm³/mol. The lowest BCUT2D eigenvalue weighted by Crippen LogP contribution is -2.44. The Kier molecular flexibility index (Phi) is 5.97. The normalized spacial score (nSPS) is 11.3. The van der Waals surface area contributed by atoms with Crippen LogP contribution in [0.3, 0.4) is 0 Å². The first-order valence-corrected chi connectivity index (χ1v) is 9.75. The average molecular weight is 390 g/mol. The number of fused-ring (bicyclic) bond motifs is 1. The molecule has 3 aromatic rings. The molecule has 5 nitrogen and oxygen atoms in total. The number of nitrogens with zero attached hydrogens (tertiary/aromatic N) is 1. The van der Waals surface area contributed by atoms with Crippen LogP contribution in [-0.4, -0.2) is 29.0 Å². The number of esters is 1. The van der Waals surface area contributed by atoms with E-state index in [4.69, 9.17) is 9.72 Å². The molecule has 0 aliphatic carbocycles. The van der Waals surface area contributed by atoms with Crippen LogP contribution in [0, 0.1) is 6.92 Å². The average Bonchev–Trinajstić information content (AvgIpc) is 2.72. The Hall–Kier alpha value is -3.21. The first-order chi connectivity index (χ1) is 13.8. The van der Waals surface area contributed by atoms with E-state index in [2.05, 4.69) is 5.32 Å². The summed E-state index contributed by atoms with van der Waals surface area (Å²) in [7, 11) is 0. The largest absolute Gasteiger partial charge is 0.452 e. The first kappa shape index (κ1) is 20.5. The molecule has 1 N–H and O–H groups in total.